The number of hydrogen-bond acceptors (Lipinski definition) is 8. The number of carbonyl (C=O) groups excluding carboxylic acids is 2. The Morgan fingerprint density at radius 3 is 2.62 bits per heavy atom. The molecule has 1 aromatic heterocycles. The highest BCUT2D eigenvalue weighted by atomic mass is 32.2. The minimum absolute atomic E-state index is 0.00330. The van der Waals surface area contributed by atoms with E-state index in [1.165, 1.54) is 41.0 Å². The number of ether oxygens (including phenoxy) is 3. The smallest absolute Gasteiger partial charge is 0.341 e. The van der Waals surface area contributed by atoms with Crippen LogP contribution in [0.25, 0.3) is 0 Å². The van der Waals surface area contributed by atoms with Gasteiger partial charge in [-0.1, -0.05) is 0 Å². The van der Waals surface area contributed by atoms with Gasteiger partial charge < -0.3 is 19.5 Å². The minimum atomic E-state index is -3.80. The summed E-state index contributed by atoms with van der Waals surface area (Å²) in [6.07, 6.45) is 3.60. The molecular weight excluding hydrogens is 480 g/mol. The first-order chi connectivity index (χ1) is 16.4. The number of anilines is 1. The Morgan fingerprint density at radius 1 is 1.18 bits per heavy atom. The highest BCUT2D eigenvalue weighted by molar-refractivity contribution is 7.89. The lowest BCUT2D eigenvalue weighted by atomic mass is 9.95. The van der Waals surface area contributed by atoms with Gasteiger partial charge in [-0.25, -0.2) is 13.2 Å². The summed E-state index contributed by atoms with van der Waals surface area (Å²) in [6, 6.07) is 4.21. The van der Waals surface area contributed by atoms with Crippen LogP contribution in [0.15, 0.2) is 23.1 Å². The minimum Gasteiger partial charge on any atom is -0.496 e. The summed E-state index contributed by atoms with van der Waals surface area (Å²) < 4.78 is 43.4. The van der Waals surface area contributed by atoms with Crippen LogP contribution < -0.4 is 10.1 Å². The van der Waals surface area contributed by atoms with Crippen LogP contribution in [0.1, 0.15) is 50.9 Å². The van der Waals surface area contributed by atoms with E-state index in [-0.39, 0.29) is 35.9 Å². The first kappa shape index (κ1) is 24.6. The average Bonchev–Trinajstić information content (AvgIpc) is 3.22. The van der Waals surface area contributed by atoms with Crippen LogP contribution in [-0.2, 0) is 32.3 Å². The number of amides is 1. The number of esters is 1. The molecule has 1 aliphatic heterocycles. The predicted octanol–water partition coefficient (Wildman–Crippen LogP) is 3.09. The van der Waals surface area contributed by atoms with Crippen LogP contribution in [0.4, 0.5) is 5.00 Å². The summed E-state index contributed by atoms with van der Waals surface area (Å²) in [6.45, 7) is 3.11. The van der Waals surface area contributed by atoms with Gasteiger partial charge in [-0.15, -0.1) is 11.3 Å². The Labute approximate surface area is 203 Å². The van der Waals surface area contributed by atoms with Crippen molar-refractivity contribution in [3.05, 3.63) is 39.8 Å². The number of fused-ring (bicyclic) bond motifs is 1. The highest BCUT2D eigenvalue weighted by Gasteiger charge is 2.30. The second-order valence-electron chi connectivity index (χ2n) is 7.97. The zero-order valence-electron chi connectivity index (χ0n) is 19.2. The van der Waals surface area contributed by atoms with E-state index in [2.05, 4.69) is 5.32 Å². The number of morpholine rings is 1. The van der Waals surface area contributed by atoms with Gasteiger partial charge in [0, 0.05) is 18.0 Å². The van der Waals surface area contributed by atoms with Crippen LogP contribution >= 0.6 is 11.3 Å². The zero-order valence-corrected chi connectivity index (χ0v) is 20.9. The molecule has 0 spiro atoms. The number of carbonyl (C=O) groups is 2. The molecule has 0 radical (unpaired) electrons. The number of nitrogens with zero attached hydrogens (tertiary/aromatic N) is 1. The Morgan fingerprint density at radius 2 is 1.91 bits per heavy atom. The van der Waals surface area contributed by atoms with Crippen molar-refractivity contribution < 1.29 is 32.2 Å². The molecular formula is C23H28N2O7S2. The molecule has 9 nitrogen and oxygen atoms in total. The quantitative estimate of drug-likeness (QED) is 0.572. The van der Waals surface area contributed by atoms with Crippen molar-refractivity contribution in [2.24, 2.45) is 0 Å². The molecule has 0 unspecified atom stereocenters. The van der Waals surface area contributed by atoms with Crippen LogP contribution in [0.2, 0.25) is 0 Å². The van der Waals surface area contributed by atoms with Gasteiger partial charge in [0.25, 0.3) is 5.91 Å². The van der Waals surface area contributed by atoms with Crippen LogP contribution in [0, 0.1) is 0 Å². The molecule has 1 aliphatic carbocycles. The molecule has 1 amide bonds. The van der Waals surface area contributed by atoms with Crippen molar-refractivity contribution in [2.45, 2.75) is 37.5 Å². The van der Waals surface area contributed by atoms with E-state index in [1.54, 1.807) is 6.92 Å². The van der Waals surface area contributed by atoms with Gasteiger partial charge >= 0.3 is 5.97 Å². The van der Waals surface area contributed by atoms with Gasteiger partial charge in [-0.2, -0.15) is 4.31 Å². The Hall–Kier alpha value is -2.47. The lowest BCUT2D eigenvalue weighted by Gasteiger charge is -2.26. The molecule has 2 aliphatic rings. The van der Waals surface area contributed by atoms with Gasteiger partial charge in [0.2, 0.25) is 10.0 Å². The van der Waals surface area contributed by atoms with Crippen molar-refractivity contribution in [3.63, 3.8) is 0 Å². The largest absolute Gasteiger partial charge is 0.496 e. The average molecular weight is 509 g/mol. The lowest BCUT2D eigenvalue weighted by Crippen LogP contribution is -2.40. The summed E-state index contributed by atoms with van der Waals surface area (Å²) in [4.78, 5) is 27.1. The second-order valence-corrected chi connectivity index (χ2v) is 11.0. The topological polar surface area (TPSA) is 111 Å². The number of rotatable bonds is 7. The number of sulfonamides is 1. The Bertz CT molecular complexity index is 1180. The number of benzene rings is 1. The highest BCUT2D eigenvalue weighted by Crippen LogP contribution is 2.39. The summed E-state index contributed by atoms with van der Waals surface area (Å²) in [5.41, 5.74) is 1.39. The normalized spacial score (nSPS) is 16.5. The maximum absolute atomic E-state index is 13.3. The number of hydrogen-bond donors (Lipinski definition) is 1. The third-order valence-electron chi connectivity index (χ3n) is 5.90. The van der Waals surface area contributed by atoms with Gasteiger partial charge in [0.1, 0.15) is 10.8 Å². The van der Waals surface area contributed by atoms with E-state index in [0.29, 0.717) is 23.8 Å². The van der Waals surface area contributed by atoms with E-state index in [9.17, 15) is 18.0 Å². The Balaban J connectivity index is 1.68. The number of nitrogens with one attached hydrogen (secondary N) is 1. The summed E-state index contributed by atoms with van der Waals surface area (Å²) in [7, 11) is -2.39. The molecule has 0 bridgehead atoms. The molecule has 1 fully saturated rings. The lowest BCUT2D eigenvalue weighted by molar-refractivity contribution is 0.0526. The molecule has 1 N–H and O–H groups in total. The van der Waals surface area contributed by atoms with Crippen molar-refractivity contribution >= 4 is 38.2 Å². The van der Waals surface area contributed by atoms with E-state index >= 15 is 0 Å². The maximum atomic E-state index is 13.3. The first-order valence-electron chi connectivity index (χ1n) is 11.3. The standard InChI is InChI=1S/C23H28N2O7S2/c1-3-32-23(27)20-16-6-4-5-7-19(16)33-22(20)24-21(26)17-14-15(8-9-18(17)30-2)34(28,29)25-10-12-31-13-11-25/h8-9,14H,3-7,10-13H2,1-2H3,(H,24,26). The predicted molar refractivity (Wildman–Crippen MR) is 127 cm³/mol. The zero-order chi connectivity index (χ0) is 24.3. The van der Waals surface area contributed by atoms with E-state index < -0.39 is 21.9 Å². The molecule has 1 aromatic carbocycles. The number of aryl methyl sites for hydroxylation is 1. The van der Waals surface area contributed by atoms with Gasteiger partial charge in [0.15, 0.2) is 0 Å². The second kappa shape index (κ2) is 10.4. The van der Waals surface area contributed by atoms with E-state index in [0.717, 1.165) is 36.1 Å². The van der Waals surface area contributed by atoms with Crippen LogP contribution in [-0.4, -0.2) is 64.6 Å². The molecule has 2 aromatic rings. The summed E-state index contributed by atoms with van der Waals surface area (Å²) in [5, 5.41) is 3.24. The number of methoxy groups -OCH3 is 1. The third kappa shape index (κ3) is 4.83. The van der Waals surface area contributed by atoms with Crippen LogP contribution in [0.5, 0.6) is 5.75 Å². The monoisotopic (exact) mass is 508 g/mol. The molecule has 2 heterocycles. The fourth-order valence-electron chi connectivity index (χ4n) is 4.20. The van der Waals surface area contributed by atoms with Crippen molar-refractivity contribution in [1.82, 2.24) is 4.31 Å². The van der Waals surface area contributed by atoms with Crippen LogP contribution in [0.3, 0.4) is 0 Å². The Kier molecular flexibility index (Phi) is 7.56. The van der Waals surface area contributed by atoms with Gasteiger partial charge in [-0.3, -0.25) is 4.79 Å². The summed E-state index contributed by atoms with van der Waals surface area (Å²) in [5.74, 6) is -0.787. The first-order valence-corrected chi connectivity index (χ1v) is 13.5. The molecule has 0 atom stereocenters. The molecule has 1 saturated heterocycles. The van der Waals surface area contributed by atoms with Crippen molar-refractivity contribution in [1.29, 1.82) is 0 Å². The number of thiophene rings is 1. The fraction of sp³-hybridized carbons (Fsp3) is 0.478. The molecule has 0 saturated carbocycles. The molecule has 11 heteroatoms. The summed E-state index contributed by atoms with van der Waals surface area (Å²) >= 11 is 1.37. The fourth-order valence-corrected chi connectivity index (χ4v) is 6.91. The van der Waals surface area contributed by atoms with E-state index in [4.69, 9.17) is 14.2 Å². The molecule has 34 heavy (non-hydrogen) atoms. The SMILES string of the molecule is CCOC(=O)c1c(NC(=O)c2cc(S(=O)(=O)N3CCOCC3)ccc2OC)sc2c1CCCC2. The van der Waals surface area contributed by atoms with Gasteiger partial charge in [-0.05, 0) is 56.4 Å². The molecule has 184 valence electrons. The third-order valence-corrected chi connectivity index (χ3v) is 9.00. The maximum Gasteiger partial charge on any atom is 0.341 e. The molecule has 4 rings (SSSR count). The van der Waals surface area contributed by atoms with E-state index in [1.807, 2.05) is 0 Å². The van der Waals surface area contributed by atoms with Crippen molar-refractivity contribution in [2.75, 3.05) is 45.3 Å². The van der Waals surface area contributed by atoms with Crippen molar-refractivity contribution in [3.8, 4) is 5.75 Å². The van der Waals surface area contributed by atoms with Gasteiger partial charge in [0.05, 0.1) is 43.0 Å².